The van der Waals surface area contributed by atoms with Crippen molar-refractivity contribution in [3.8, 4) is 5.75 Å². The molecule has 8 heteroatoms. The van der Waals surface area contributed by atoms with Crippen LogP contribution in [0.5, 0.6) is 5.75 Å². The number of hydrogen-bond donors (Lipinski definition) is 2. The second-order valence-electron chi connectivity index (χ2n) is 6.73. The number of ether oxygens (including phenoxy) is 1. The van der Waals surface area contributed by atoms with Gasteiger partial charge in [0.2, 0.25) is 15.9 Å². The Morgan fingerprint density at radius 2 is 2.00 bits per heavy atom. The molecular weight excluding hydrogens is 380 g/mol. The quantitative estimate of drug-likeness (QED) is 0.770. The maximum Gasteiger partial charge on any atom is 0.243 e. The molecule has 1 amide bonds. The number of carbonyl (C=O) groups excluding carboxylic acids is 1. The molecule has 2 aromatic carbocycles. The van der Waals surface area contributed by atoms with E-state index in [0.29, 0.717) is 36.4 Å². The van der Waals surface area contributed by atoms with Crippen molar-refractivity contribution in [3.05, 3.63) is 54.1 Å². The summed E-state index contributed by atoms with van der Waals surface area (Å²) >= 11 is 0. The van der Waals surface area contributed by atoms with E-state index in [4.69, 9.17) is 4.74 Å². The van der Waals surface area contributed by atoms with Crippen molar-refractivity contribution in [2.75, 3.05) is 25.5 Å². The maximum atomic E-state index is 12.9. The number of carbonyl (C=O) groups is 1. The van der Waals surface area contributed by atoms with Gasteiger partial charge in [0.05, 0.1) is 24.5 Å². The van der Waals surface area contributed by atoms with E-state index in [1.54, 1.807) is 36.4 Å². The Labute approximate surface area is 165 Å². The van der Waals surface area contributed by atoms with Crippen LogP contribution in [0.1, 0.15) is 18.4 Å². The van der Waals surface area contributed by atoms with Crippen LogP contribution in [-0.2, 0) is 21.4 Å². The number of rotatable bonds is 6. The van der Waals surface area contributed by atoms with Crippen molar-refractivity contribution < 1.29 is 23.1 Å². The van der Waals surface area contributed by atoms with E-state index in [9.17, 15) is 18.3 Å². The van der Waals surface area contributed by atoms with Gasteiger partial charge in [0.1, 0.15) is 5.75 Å². The summed E-state index contributed by atoms with van der Waals surface area (Å²) in [5.74, 6) is -0.0655. The highest BCUT2D eigenvalue weighted by Gasteiger charge is 2.33. The zero-order valence-electron chi connectivity index (χ0n) is 15.7. The van der Waals surface area contributed by atoms with Crippen LogP contribution in [0, 0.1) is 5.92 Å². The first kappa shape index (κ1) is 20.3. The third kappa shape index (κ3) is 4.52. The number of benzene rings is 2. The fourth-order valence-corrected chi connectivity index (χ4v) is 4.79. The van der Waals surface area contributed by atoms with Gasteiger partial charge < -0.3 is 15.2 Å². The van der Waals surface area contributed by atoms with Gasteiger partial charge >= 0.3 is 0 Å². The molecule has 0 aliphatic carbocycles. The van der Waals surface area contributed by atoms with Crippen LogP contribution in [0.2, 0.25) is 0 Å². The SMILES string of the molecule is COc1ccc(S(=O)(=O)N2CCC[C@H](C(=O)Nc3cccc(CO)c3)C2)cc1. The lowest BCUT2D eigenvalue weighted by Gasteiger charge is -2.31. The highest BCUT2D eigenvalue weighted by atomic mass is 32.2. The topological polar surface area (TPSA) is 95.9 Å². The van der Waals surface area contributed by atoms with Gasteiger partial charge in [0, 0.05) is 18.8 Å². The Bertz CT molecular complexity index is 928. The molecule has 1 atom stereocenters. The number of sulfonamides is 1. The van der Waals surface area contributed by atoms with E-state index in [-0.39, 0.29) is 24.0 Å². The van der Waals surface area contributed by atoms with Crippen molar-refractivity contribution in [2.45, 2.75) is 24.3 Å². The number of nitrogens with one attached hydrogen (secondary N) is 1. The Hall–Kier alpha value is -2.42. The van der Waals surface area contributed by atoms with Crippen LogP contribution >= 0.6 is 0 Å². The van der Waals surface area contributed by atoms with E-state index in [1.165, 1.54) is 23.5 Å². The number of methoxy groups -OCH3 is 1. The van der Waals surface area contributed by atoms with Crippen molar-refractivity contribution >= 4 is 21.6 Å². The molecule has 150 valence electrons. The van der Waals surface area contributed by atoms with Crippen LogP contribution < -0.4 is 10.1 Å². The molecular formula is C20H24N2O5S. The van der Waals surface area contributed by atoms with Crippen molar-refractivity contribution in [3.63, 3.8) is 0 Å². The Morgan fingerprint density at radius 1 is 1.25 bits per heavy atom. The number of nitrogens with zero attached hydrogens (tertiary/aromatic N) is 1. The molecule has 2 N–H and O–H groups in total. The van der Waals surface area contributed by atoms with E-state index in [0.717, 1.165) is 0 Å². The summed E-state index contributed by atoms with van der Waals surface area (Å²) < 4.78 is 32.3. The third-order valence-electron chi connectivity index (χ3n) is 4.83. The number of amides is 1. The zero-order valence-corrected chi connectivity index (χ0v) is 16.5. The summed E-state index contributed by atoms with van der Waals surface area (Å²) in [6.45, 7) is 0.416. The van der Waals surface area contributed by atoms with E-state index in [2.05, 4.69) is 5.32 Å². The average molecular weight is 404 g/mol. The van der Waals surface area contributed by atoms with Gasteiger partial charge in [-0.2, -0.15) is 4.31 Å². The molecule has 28 heavy (non-hydrogen) atoms. The number of anilines is 1. The first-order chi connectivity index (χ1) is 13.4. The van der Waals surface area contributed by atoms with Crippen LogP contribution in [0.4, 0.5) is 5.69 Å². The lowest BCUT2D eigenvalue weighted by atomic mass is 9.98. The van der Waals surface area contributed by atoms with Crippen molar-refractivity contribution in [2.24, 2.45) is 5.92 Å². The standard InChI is InChI=1S/C20H24N2O5S/c1-27-18-7-9-19(10-8-18)28(25,26)22-11-3-5-16(13-22)20(24)21-17-6-2-4-15(12-17)14-23/h2,4,6-10,12,16,23H,3,5,11,13-14H2,1H3,(H,21,24)/t16-/m0/s1. The molecule has 1 saturated heterocycles. The van der Waals surface area contributed by atoms with Gasteiger partial charge in [-0.25, -0.2) is 8.42 Å². The Morgan fingerprint density at radius 3 is 2.68 bits per heavy atom. The van der Waals surface area contributed by atoms with E-state index in [1.807, 2.05) is 0 Å². The minimum absolute atomic E-state index is 0.110. The van der Waals surface area contributed by atoms with Gasteiger partial charge in [-0.3, -0.25) is 4.79 Å². The van der Waals surface area contributed by atoms with Crippen molar-refractivity contribution in [1.82, 2.24) is 4.31 Å². The second-order valence-corrected chi connectivity index (χ2v) is 8.66. The van der Waals surface area contributed by atoms with Gasteiger partial charge in [-0.15, -0.1) is 0 Å². The summed E-state index contributed by atoms with van der Waals surface area (Å²) in [6.07, 6.45) is 1.24. The first-order valence-electron chi connectivity index (χ1n) is 9.09. The van der Waals surface area contributed by atoms with Crippen LogP contribution in [0.3, 0.4) is 0 Å². The molecule has 1 aliphatic rings. The highest BCUT2D eigenvalue weighted by Crippen LogP contribution is 2.26. The monoisotopic (exact) mass is 404 g/mol. The second kappa shape index (κ2) is 8.72. The summed E-state index contributed by atoms with van der Waals surface area (Å²) in [5, 5.41) is 12.0. The van der Waals surface area contributed by atoms with E-state index < -0.39 is 15.9 Å². The number of aliphatic hydroxyl groups is 1. The fraction of sp³-hybridized carbons (Fsp3) is 0.350. The fourth-order valence-electron chi connectivity index (χ4n) is 3.26. The largest absolute Gasteiger partial charge is 0.497 e. The first-order valence-corrected chi connectivity index (χ1v) is 10.5. The molecule has 0 unspecified atom stereocenters. The maximum absolute atomic E-state index is 12.9. The molecule has 3 rings (SSSR count). The number of piperidine rings is 1. The predicted molar refractivity (Wildman–Crippen MR) is 105 cm³/mol. The molecule has 2 aromatic rings. The summed E-state index contributed by atoms with van der Waals surface area (Å²) in [7, 11) is -2.15. The van der Waals surface area contributed by atoms with Crippen molar-refractivity contribution in [1.29, 1.82) is 0 Å². The summed E-state index contributed by atoms with van der Waals surface area (Å²) in [5.41, 5.74) is 1.29. The Balaban J connectivity index is 1.70. The Kier molecular flexibility index (Phi) is 6.33. The van der Waals surface area contributed by atoms with Gasteiger partial charge in [0.25, 0.3) is 0 Å². The summed E-state index contributed by atoms with van der Waals surface area (Å²) in [6, 6.07) is 13.2. The average Bonchev–Trinajstić information content (AvgIpc) is 2.74. The van der Waals surface area contributed by atoms with Crippen LogP contribution in [-0.4, -0.2) is 43.9 Å². The molecule has 0 aromatic heterocycles. The molecule has 1 aliphatic heterocycles. The zero-order chi connectivity index (χ0) is 20.1. The van der Waals surface area contributed by atoms with E-state index >= 15 is 0 Å². The molecule has 0 spiro atoms. The minimum atomic E-state index is -3.67. The molecule has 1 heterocycles. The molecule has 7 nitrogen and oxygen atoms in total. The normalized spacial score (nSPS) is 17.9. The molecule has 0 saturated carbocycles. The smallest absolute Gasteiger partial charge is 0.243 e. The van der Waals surface area contributed by atoms with Gasteiger partial charge in [0.15, 0.2) is 0 Å². The molecule has 1 fully saturated rings. The highest BCUT2D eigenvalue weighted by molar-refractivity contribution is 7.89. The molecule has 0 radical (unpaired) electrons. The number of aliphatic hydroxyl groups excluding tert-OH is 1. The van der Waals surface area contributed by atoms with Crippen LogP contribution in [0.25, 0.3) is 0 Å². The molecule has 0 bridgehead atoms. The predicted octanol–water partition coefficient (Wildman–Crippen LogP) is 2.23. The third-order valence-corrected chi connectivity index (χ3v) is 6.71. The lowest BCUT2D eigenvalue weighted by Crippen LogP contribution is -2.43. The minimum Gasteiger partial charge on any atom is -0.497 e. The van der Waals surface area contributed by atoms with Gasteiger partial charge in [-0.1, -0.05) is 12.1 Å². The summed E-state index contributed by atoms with van der Waals surface area (Å²) in [4.78, 5) is 12.8. The lowest BCUT2D eigenvalue weighted by molar-refractivity contribution is -0.120. The number of hydrogen-bond acceptors (Lipinski definition) is 5. The van der Waals surface area contributed by atoms with Crippen LogP contribution in [0.15, 0.2) is 53.4 Å². The van der Waals surface area contributed by atoms with Gasteiger partial charge in [-0.05, 0) is 54.8 Å².